The molecule has 2 heterocycles. The van der Waals surface area contributed by atoms with Crippen molar-refractivity contribution in [2.75, 3.05) is 30.0 Å². The van der Waals surface area contributed by atoms with Gasteiger partial charge in [-0.3, -0.25) is 14.6 Å². The van der Waals surface area contributed by atoms with Crippen LogP contribution in [-0.4, -0.2) is 36.6 Å². The minimum Gasteiger partial charge on any atom is -0.493 e. The van der Waals surface area contributed by atoms with Crippen LogP contribution in [0.1, 0.15) is 28.8 Å². The van der Waals surface area contributed by atoms with Gasteiger partial charge in [0, 0.05) is 30.2 Å². The summed E-state index contributed by atoms with van der Waals surface area (Å²) in [5.41, 5.74) is 2.87. The van der Waals surface area contributed by atoms with E-state index in [1.165, 1.54) is 0 Å². The molecule has 7 nitrogen and oxygen atoms in total. The highest BCUT2D eigenvalue weighted by Gasteiger charge is 2.25. The van der Waals surface area contributed by atoms with E-state index in [-0.39, 0.29) is 18.4 Å². The molecular formula is C25H25N3O4. The molecule has 2 aromatic carbocycles. The fourth-order valence-electron chi connectivity index (χ4n) is 3.50. The first-order valence-electron chi connectivity index (χ1n) is 10.6. The lowest BCUT2D eigenvalue weighted by atomic mass is 10.1. The average molecular weight is 431 g/mol. The number of anilines is 2. The number of ether oxygens (including phenoxy) is 2. The summed E-state index contributed by atoms with van der Waals surface area (Å²) in [6.45, 7) is 3.16. The molecule has 0 fully saturated rings. The summed E-state index contributed by atoms with van der Waals surface area (Å²) >= 11 is 0. The quantitative estimate of drug-likeness (QED) is 0.540. The third-order valence-corrected chi connectivity index (χ3v) is 5.23. The first kappa shape index (κ1) is 21.4. The van der Waals surface area contributed by atoms with Crippen molar-refractivity contribution in [2.45, 2.75) is 19.8 Å². The SMILES string of the molecule is Cc1ccccc1OCCCCN1C(=O)COc2ccc(NC(=O)c3ccncc3)cc21. The number of carbonyl (C=O) groups excluding carboxylic acids is 2. The number of fused-ring (bicyclic) bond motifs is 1. The molecule has 0 saturated heterocycles. The first-order chi connectivity index (χ1) is 15.6. The van der Waals surface area contributed by atoms with Gasteiger partial charge in [0.2, 0.25) is 0 Å². The standard InChI is InChI=1S/C25H25N3O4/c1-18-6-2-3-7-22(18)31-15-5-4-14-28-21-16-20(8-9-23(21)32-17-24(28)29)27-25(30)19-10-12-26-13-11-19/h2-3,6-13,16H,4-5,14-15,17H2,1H3,(H,27,30). The third kappa shape index (κ3) is 5.06. The van der Waals surface area contributed by atoms with Crippen LogP contribution in [0.2, 0.25) is 0 Å². The van der Waals surface area contributed by atoms with Crippen molar-refractivity contribution in [3.63, 3.8) is 0 Å². The molecule has 1 aromatic heterocycles. The van der Waals surface area contributed by atoms with Crippen molar-refractivity contribution in [1.29, 1.82) is 0 Å². The number of amides is 2. The second-order valence-electron chi connectivity index (χ2n) is 7.53. The van der Waals surface area contributed by atoms with Crippen molar-refractivity contribution < 1.29 is 19.1 Å². The van der Waals surface area contributed by atoms with Gasteiger partial charge in [-0.25, -0.2) is 0 Å². The van der Waals surface area contributed by atoms with Crippen molar-refractivity contribution >= 4 is 23.2 Å². The smallest absolute Gasteiger partial charge is 0.265 e. The van der Waals surface area contributed by atoms with E-state index in [2.05, 4.69) is 10.3 Å². The maximum atomic E-state index is 12.5. The molecule has 0 atom stereocenters. The number of unbranched alkanes of at least 4 members (excludes halogenated alkanes) is 1. The van der Waals surface area contributed by atoms with Crippen LogP contribution in [0, 0.1) is 6.92 Å². The number of aromatic nitrogens is 1. The van der Waals surface area contributed by atoms with Gasteiger partial charge in [0.05, 0.1) is 12.3 Å². The molecule has 0 bridgehead atoms. The van der Waals surface area contributed by atoms with E-state index in [0.717, 1.165) is 24.2 Å². The molecule has 3 aromatic rings. The Kier molecular flexibility index (Phi) is 6.65. The summed E-state index contributed by atoms with van der Waals surface area (Å²) < 4.78 is 11.4. The zero-order valence-corrected chi connectivity index (χ0v) is 17.9. The molecule has 2 amide bonds. The predicted octanol–water partition coefficient (Wildman–Crippen LogP) is 4.23. The maximum Gasteiger partial charge on any atom is 0.265 e. The zero-order chi connectivity index (χ0) is 22.3. The molecule has 164 valence electrons. The number of benzene rings is 2. The molecule has 0 unspecified atom stereocenters. The summed E-state index contributed by atoms with van der Waals surface area (Å²) in [7, 11) is 0. The Hall–Kier alpha value is -3.87. The van der Waals surface area contributed by atoms with Gasteiger partial charge in [-0.15, -0.1) is 0 Å². The van der Waals surface area contributed by atoms with Crippen molar-refractivity contribution in [3.8, 4) is 11.5 Å². The number of rotatable bonds is 8. The molecule has 1 aliphatic rings. The Morgan fingerprint density at radius 2 is 1.94 bits per heavy atom. The van der Waals surface area contributed by atoms with Crippen LogP contribution in [0.5, 0.6) is 11.5 Å². The van der Waals surface area contributed by atoms with E-state index in [1.54, 1.807) is 47.6 Å². The Labute approximate surface area is 187 Å². The number of carbonyl (C=O) groups is 2. The number of pyridine rings is 1. The first-order valence-corrected chi connectivity index (χ1v) is 10.6. The van der Waals surface area contributed by atoms with Crippen LogP contribution in [0.15, 0.2) is 67.0 Å². The lowest BCUT2D eigenvalue weighted by Crippen LogP contribution is -2.39. The molecule has 0 spiro atoms. The van der Waals surface area contributed by atoms with E-state index in [4.69, 9.17) is 9.47 Å². The van der Waals surface area contributed by atoms with Gasteiger partial charge in [0.1, 0.15) is 11.5 Å². The van der Waals surface area contributed by atoms with Crippen LogP contribution in [0.3, 0.4) is 0 Å². The number of hydrogen-bond acceptors (Lipinski definition) is 5. The predicted molar refractivity (Wildman–Crippen MR) is 122 cm³/mol. The maximum absolute atomic E-state index is 12.5. The summed E-state index contributed by atoms with van der Waals surface area (Å²) in [6, 6.07) is 16.5. The minimum atomic E-state index is -0.240. The topological polar surface area (TPSA) is 80.8 Å². The minimum absolute atomic E-state index is 0.00936. The number of aryl methyl sites for hydroxylation is 1. The molecule has 1 aliphatic heterocycles. The van der Waals surface area contributed by atoms with Gasteiger partial charge >= 0.3 is 0 Å². The molecule has 0 saturated carbocycles. The molecule has 1 N–H and O–H groups in total. The molecule has 0 radical (unpaired) electrons. The van der Waals surface area contributed by atoms with Gasteiger partial charge in [-0.1, -0.05) is 18.2 Å². The number of hydrogen-bond donors (Lipinski definition) is 1. The van der Waals surface area contributed by atoms with Gasteiger partial charge in [0.15, 0.2) is 6.61 Å². The number of nitrogens with zero attached hydrogens (tertiary/aromatic N) is 2. The third-order valence-electron chi connectivity index (χ3n) is 5.23. The molecule has 32 heavy (non-hydrogen) atoms. The van der Waals surface area contributed by atoms with Crippen LogP contribution < -0.4 is 19.7 Å². The van der Waals surface area contributed by atoms with Gasteiger partial charge < -0.3 is 19.7 Å². The Balaban J connectivity index is 1.37. The number of para-hydroxylation sites is 1. The van der Waals surface area contributed by atoms with Crippen molar-refractivity contribution in [1.82, 2.24) is 4.98 Å². The van der Waals surface area contributed by atoms with Crippen molar-refractivity contribution in [2.24, 2.45) is 0 Å². The monoisotopic (exact) mass is 431 g/mol. The Bertz CT molecular complexity index is 1100. The van der Waals surface area contributed by atoms with E-state index < -0.39 is 0 Å². The molecular weight excluding hydrogens is 406 g/mol. The fraction of sp³-hybridized carbons (Fsp3) is 0.240. The van der Waals surface area contributed by atoms with Crippen LogP contribution >= 0.6 is 0 Å². The van der Waals surface area contributed by atoms with Crippen LogP contribution in [0.25, 0.3) is 0 Å². The zero-order valence-electron chi connectivity index (χ0n) is 17.9. The summed E-state index contributed by atoms with van der Waals surface area (Å²) in [5, 5.41) is 2.86. The lowest BCUT2D eigenvalue weighted by Gasteiger charge is -2.30. The normalized spacial score (nSPS) is 12.7. The Morgan fingerprint density at radius 1 is 1.12 bits per heavy atom. The lowest BCUT2D eigenvalue weighted by molar-refractivity contribution is -0.121. The van der Waals surface area contributed by atoms with Crippen molar-refractivity contribution in [3.05, 3.63) is 78.1 Å². The highest BCUT2D eigenvalue weighted by atomic mass is 16.5. The van der Waals surface area contributed by atoms with E-state index >= 15 is 0 Å². The molecule has 4 rings (SSSR count). The summed E-state index contributed by atoms with van der Waals surface area (Å²) in [4.78, 5) is 30.6. The summed E-state index contributed by atoms with van der Waals surface area (Å²) in [6.07, 6.45) is 4.73. The highest BCUT2D eigenvalue weighted by Crippen LogP contribution is 2.35. The van der Waals surface area contributed by atoms with Crippen LogP contribution in [0.4, 0.5) is 11.4 Å². The van der Waals surface area contributed by atoms with E-state index in [0.29, 0.717) is 35.8 Å². The van der Waals surface area contributed by atoms with Gasteiger partial charge in [-0.05, 0) is 61.7 Å². The average Bonchev–Trinajstić information content (AvgIpc) is 2.82. The second kappa shape index (κ2) is 9.96. The Morgan fingerprint density at radius 3 is 2.75 bits per heavy atom. The second-order valence-corrected chi connectivity index (χ2v) is 7.53. The number of nitrogens with one attached hydrogen (secondary N) is 1. The largest absolute Gasteiger partial charge is 0.493 e. The summed E-state index contributed by atoms with van der Waals surface area (Å²) in [5.74, 6) is 1.17. The fourth-order valence-corrected chi connectivity index (χ4v) is 3.50. The van der Waals surface area contributed by atoms with E-state index in [9.17, 15) is 9.59 Å². The van der Waals surface area contributed by atoms with E-state index in [1.807, 2.05) is 31.2 Å². The van der Waals surface area contributed by atoms with Gasteiger partial charge in [0.25, 0.3) is 11.8 Å². The van der Waals surface area contributed by atoms with Crippen LogP contribution in [-0.2, 0) is 4.79 Å². The highest BCUT2D eigenvalue weighted by molar-refractivity contribution is 6.05. The molecule has 7 heteroatoms. The molecule has 0 aliphatic carbocycles. The van der Waals surface area contributed by atoms with Gasteiger partial charge in [-0.2, -0.15) is 0 Å².